The van der Waals surface area contributed by atoms with Gasteiger partial charge in [-0.25, -0.2) is 0 Å². The van der Waals surface area contributed by atoms with Crippen LogP contribution in [-0.2, 0) is 28.5 Å². The van der Waals surface area contributed by atoms with Gasteiger partial charge in [0.05, 0.1) is 26.4 Å². The van der Waals surface area contributed by atoms with E-state index in [2.05, 4.69) is 13.8 Å². The fraction of sp³-hybridized carbons (Fsp3) is 0.952. The van der Waals surface area contributed by atoms with Crippen molar-refractivity contribution in [2.24, 2.45) is 0 Å². The van der Waals surface area contributed by atoms with E-state index in [0.29, 0.717) is 12.8 Å². The predicted octanol–water partition coefficient (Wildman–Crippen LogP) is 11.3. The molecule has 0 unspecified atom stereocenters. The average molecular weight is 715 g/mol. The van der Waals surface area contributed by atoms with Crippen LogP contribution in [0.25, 0.3) is 0 Å². The second-order valence-electron chi connectivity index (χ2n) is 14.4. The zero-order chi connectivity index (χ0) is 36.6. The van der Waals surface area contributed by atoms with Crippen LogP contribution in [0.15, 0.2) is 0 Å². The lowest BCUT2D eigenvalue weighted by Gasteiger charge is -2.26. The van der Waals surface area contributed by atoms with Crippen molar-refractivity contribution in [3.8, 4) is 0 Å². The van der Waals surface area contributed by atoms with Crippen LogP contribution >= 0.6 is 0 Å². The number of rotatable bonds is 41. The molecule has 0 bridgehead atoms. The van der Waals surface area contributed by atoms with Crippen LogP contribution in [-0.4, -0.2) is 61.2 Å². The lowest BCUT2D eigenvalue weighted by Crippen LogP contribution is -2.44. The third-order valence-electron chi connectivity index (χ3n) is 9.41. The van der Waals surface area contributed by atoms with Crippen LogP contribution in [0.3, 0.4) is 0 Å². The molecular weight excluding hydrogens is 632 g/mol. The van der Waals surface area contributed by atoms with E-state index in [4.69, 9.17) is 24.1 Å². The van der Waals surface area contributed by atoms with Gasteiger partial charge in [-0.3, -0.25) is 9.59 Å². The average Bonchev–Trinajstić information content (AvgIpc) is 3.09. The normalized spacial score (nSPS) is 11.7. The zero-order valence-electron chi connectivity index (χ0n) is 33.0. The highest BCUT2D eigenvalue weighted by Crippen LogP contribution is 2.18. The lowest BCUT2D eigenvalue weighted by atomic mass is 10.0. The Bertz CT molecular complexity index is 668. The van der Waals surface area contributed by atoms with E-state index in [1.807, 2.05) is 0 Å². The first-order chi connectivity index (χ1) is 24.5. The third kappa shape index (κ3) is 36.6. The first-order valence-corrected chi connectivity index (χ1v) is 21.4. The molecule has 0 saturated heterocycles. The molecule has 8 nitrogen and oxygen atoms in total. The Labute approximate surface area is 308 Å². The van der Waals surface area contributed by atoms with Crippen molar-refractivity contribution in [3.63, 3.8) is 0 Å². The van der Waals surface area contributed by atoms with E-state index in [-0.39, 0.29) is 39.3 Å². The van der Waals surface area contributed by atoms with Crippen LogP contribution < -0.4 is 0 Å². The summed E-state index contributed by atoms with van der Waals surface area (Å²) in [5, 5.41) is 19.8. The highest BCUT2D eigenvalue weighted by Gasteiger charge is 2.37. The maximum atomic E-state index is 12.6. The molecule has 0 spiro atoms. The largest absolute Gasteiger partial charge is 0.398 e. The van der Waals surface area contributed by atoms with Crippen LogP contribution in [0.2, 0.25) is 0 Å². The summed E-state index contributed by atoms with van der Waals surface area (Å²) >= 11 is 0. The quantitative estimate of drug-likeness (QED) is 0.0366. The van der Waals surface area contributed by atoms with Crippen molar-refractivity contribution >= 4 is 11.9 Å². The zero-order valence-corrected chi connectivity index (χ0v) is 33.0. The van der Waals surface area contributed by atoms with E-state index in [0.717, 1.165) is 25.7 Å². The van der Waals surface area contributed by atoms with Gasteiger partial charge in [0.25, 0.3) is 0 Å². The molecule has 0 aromatic heterocycles. The van der Waals surface area contributed by atoms with Gasteiger partial charge in [-0.05, 0) is 12.8 Å². The molecule has 0 aliphatic carbocycles. The SMILES string of the molecule is CCCCCCCCCCCCCCCCCC(=O)OC(O)(COCCOCCO)OC(=O)CCCCCCCCCCCCCCCCC. The molecule has 298 valence electrons. The van der Waals surface area contributed by atoms with Crippen molar-refractivity contribution in [1.82, 2.24) is 0 Å². The molecule has 0 radical (unpaired) electrons. The molecule has 8 heteroatoms. The number of aliphatic hydroxyl groups is 2. The highest BCUT2D eigenvalue weighted by atomic mass is 16.9. The summed E-state index contributed by atoms with van der Waals surface area (Å²) in [7, 11) is 0. The van der Waals surface area contributed by atoms with Crippen molar-refractivity contribution in [1.29, 1.82) is 0 Å². The second-order valence-corrected chi connectivity index (χ2v) is 14.4. The molecule has 0 fully saturated rings. The molecule has 0 aromatic rings. The number of hydrogen-bond acceptors (Lipinski definition) is 8. The number of hydrogen-bond donors (Lipinski definition) is 2. The van der Waals surface area contributed by atoms with Crippen molar-refractivity contribution in [3.05, 3.63) is 0 Å². The summed E-state index contributed by atoms with van der Waals surface area (Å²) < 4.78 is 21.1. The number of ether oxygens (including phenoxy) is 4. The minimum absolute atomic E-state index is 0.0928. The number of carbonyl (C=O) groups excluding carboxylic acids is 2. The molecule has 0 heterocycles. The maximum absolute atomic E-state index is 12.6. The Morgan fingerprint density at radius 2 is 0.700 bits per heavy atom. The first kappa shape index (κ1) is 48.8. The lowest BCUT2D eigenvalue weighted by molar-refractivity contribution is -0.342. The van der Waals surface area contributed by atoms with Gasteiger partial charge in [0, 0.05) is 12.8 Å². The molecule has 0 atom stereocenters. The van der Waals surface area contributed by atoms with Crippen molar-refractivity contribution in [2.75, 3.05) is 33.0 Å². The highest BCUT2D eigenvalue weighted by molar-refractivity contribution is 5.71. The summed E-state index contributed by atoms with van der Waals surface area (Å²) in [6, 6.07) is 0. The van der Waals surface area contributed by atoms with E-state index < -0.39 is 24.5 Å². The van der Waals surface area contributed by atoms with E-state index in [1.165, 1.54) is 154 Å². The fourth-order valence-corrected chi connectivity index (χ4v) is 6.30. The number of aliphatic hydroxyl groups excluding tert-OH is 1. The Morgan fingerprint density at radius 3 is 1.00 bits per heavy atom. The van der Waals surface area contributed by atoms with Crippen LogP contribution in [0, 0.1) is 0 Å². The van der Waals surface area contributed by atoms with Gasteiger partial charge < -0.3 is 29.2 Å². The first-order valence-electron chi connectivity index (χ1n) is 21.4. The van der Waals surface area contributed by atoms with Crippen LogP contribution in [0.4, 0.5) is 0 Å². The number of esters is 2. The third-order valence-corrected chi connectivity index (χ3v) is 9.41. The molecule has 0 amide bonds. The maximum Gasteiger partial charge on any atom is 0.398 e. The number of carbonyl (C=O) groups is 2. The summed E-state index contributed by atoms with van der Waals surface area (Å²) in [6.45, 7) is 4.39. The summed E-state index contributed by atoms with van der Waals surface area (Å²) in [5.41, 5.74) is 0. The second kappa shape index (κ2) is 39.0. The van der Waals surface area contributed by atoms with Crippen LogP contribution in [0.1, 0.15) is 219 Å². The van der Waals surface area contributed by atoms with Gasteiger partial charge in [-0.2, -0.15) is 0 Å². The van der Waals surface area contributed by atoms with Gasteiger partial charge in [0.2, 0.25) is 0 Å². The fourth-order valence-electron chi connectivity index (χ4n) is 6.30. The molecule has 0 aromatic carbocycles. The topological polar surface area (TPSA) is 112 Å². The molecule has 0 aliphatic rings. The van der Waals surface area contributed by atoms with Gasteiger partial charge in [-0.1, -0.05) is 194 Å². The predicted molar refractivity (Wildman–Crippen MR) is 205 cm³/mol. The smallest absolute Gasteiger partial charge is 0.396 e. The van der Waals surface area contributed by atoms with E-state index in [9.17, 15) is 14.7 Å². The van der Waals surface area contributed by atoms with Gasteiger partial charge in [-0.15, -0.1) is 0 Å². The number of unbranched alkanes of at least 4 members (excludes halogenated alkanes) is 28. The Balaban J connectivity index is 4.12. The van der Waals surface area contributed by atoms with Crippen molar-refractivity contribution < 1.29 is 38.7 Å². The molecule has 0 saturated carbocycles. The summed E-state index contributed by atoms with van der Waals surface area (Å²) in [6.07, 6.45) is 37.4. The monoisotopic (exact) mass is 715 g/mol. The molecule has 2 N–H and O–H groups in total. The van der Waals surface area contributed by atoms with E-state index in [1.54, 1.807) is 0 Å². The standard InChI is InChI=1S/C42H82O8/c1-3-5-7-9-11-13-15-17-19-21-23-25-27-29-31-33-40(44)49-42(46,39-48-38-37-47-36-35-43)50-41(45)34-32-30-28-26-24-22-20-18-16-14-12-10-8-6-4-2/h43,46H,3-39H2,1-2H3. The summed E-state index contributed by atoms with van der Waals surface area (Å²) in [4.78, 5) is 25.1. The summed E-state index contributed by atoms with van der Waals surface area (Å²) in [5.74, 6) is -3.68. The molecule has 0 aliphatic heterocycles. The van der Waals surface area contributed by atoms with Gasteiger partial charge in [0.15, 0.2) is 6.61 Å². The Kier molecular flexibility index (Phi) is 38.0. The minimum atomic E-state index is -2.46. The minimum Gasteiger partial charge on any atom is -0.396 e. The molecular formula is C42H82O8. The molecule has 0 rings (SSSR count). The van der Waals surface area contributed by atoms with Gasteiger partial charge >= 0.3 is 17.9 Å². The van der Waals surface area contributed by atoms with E-state index >= 15 is 0 Å². The van der Waals surface area contributed by atoms with Gasteiger partial charge in [0.1, 0.15) is 0 Å². The molecule has 50 heavy (non-hydrogen) atoms. The Morgan fingerprint density at radius 1 is 0.420 bits per heavy atom. The van der Waals surface area contributed by atoms with Crippen LogP contribution in [0.5, 0.6) is 0 Å². The van der Waals surface area contributed by atoms with Crippen molar-refractivity contribution in [2.45, 2.75) is 225 Å². The Hall–Kier alpha value is -1.22.